The van der Waals surface area contributed by atoms with Crippen molar-refractivity contribution in [3.05, 3.63) is 100 Å². The fourth-order valence-corrected chi connectivity index (χ4v) is 17.7. The van der Waals surface area contributed by atoms with E-state index in [0.29, 0.717) is 6.17 Å². The molecule has 3 aromatic carbocycles. The second-order valence-electron chi connectivity index (χ2n) is 16.9. The summed E-state index contributed by atoms with van der Waals surface area (Å²) in [5.41, 5.74) is 15.7. The average molecular weight is 879 g/mol. The Bertz CT molecular complexity index is 1470. The Morgan fingerprint density at radius 3 is 1.26 bits per heavy atom. The minimum atomic E-state index is -1.61. The molecule has 3 aromatic rings. The van der Waals surface area contributed by atoms with Gasteiger partial charge in [0.1, 0.15) is 0 Å². The van der Waals surface area contributed by atoms with Crippen LogP contribution < -0.4 is 9.80 Å². The zero-order chi connectivity index (χ0) is 38.6. The molecule has 0 unspecified atom stereocenters. The molecule has 4 aliphatic rings. The Morgan fingerprint density at radius 2 is 0.944 bits per heavy atom. The molecule has 6 heteroatoms. The van der Waals surface area contributed by atoms with Crippen molar-refractivity contribution < 1.29 is 13.5 Å². The molecule has 0 atom stereocenters. The average Bonchev–Trinajstić information content (AvgIpc) is 3.55. The first-order valence-corrected chi connectivity index (χ1v) is 28.5. The Morgan fingerprint density at radius 1 is 0.593 bits per heavy atom. The normalized spacial score (nSPS) is 19.3. The molecule has 1 aliphatic heterocycles. The molecule has 7 rings (SSSR count). The van der Waals surface area contributed by atoms with Crippen LogP contribution in [0.4, 0.5) is 11.4 Å². The summed E-state index contributed by atoms with van der Waals surface area (Å²) in [4.78, 5) is 5.13. The van der Waals surface area contributed by atoms with E-state index in [9.17, 15) is 0 Å². The number of nitrogens with zero attached hydrogens (tertiary/aromatic N) is 2. The third-order valence-corrected chi connectivity index (χ3v) is 19.1. The molecule has 1 saturated heterocycles. The van der Waals surface area contributed by atoms with Gasteiger partial charge in [0.15, 0.2) is 0 Å². The molecular formula is C48H71Cl2N2PRu. The van der Waals surface area contributed by atoms with E-state index < -0.39 is 13.5 Å². The van der Waals surface area contributed by atoms with Crippen LogP contribution >= 0.6 is 27.3 Å². The van der Waals surface area contributed by atoms with Crippen molar-refractivity contribution >= 4 is 43.3 Å². The van der Waals surface area contributed by atoms with E-state index in [4.69, 9.17) is 19.4 Å². The van der Waals surface area contributed by atoms with Gasteiger partial charge >= 0.3 is 73.4 Å². The molecule has 0 N–H and O–H groups in total. The van der Waals surface area contributed by atoms with Gasteiger partial charge in [0.25, 0.3) is 0 Å². The number of benzene rings is 3. The fraction of sp³-hybridized carbons (Fsp3) is 0.583. The van der Waals surface area contributed by atoms with Crippen LogP contribution in [0.1, 0.15) is 142 Å². The van der Waals surface area contributed by atoms with Crippen molar-refractivity contribution in [2.75, 3.05) is 22.9 Å². The molecule has 3 aliphatic carbocycles. The summed E-state index contributed by atoms with van der Waals surface area (Å²) in [6, 6.07) is 19.1. The summed E-state index contributed by atoms with van der Waals surface area (Å²) in [5, 5.41) is 0. The van der Waals surface area contributed by atoms with Crippen LogP contribution in [0.3, 0.4) is 0 Å². The Balaban J connectivity index is 0.000000170. The molecule has 3 saturated carbocycles. The Hall–Kier alpha value is -1.24. The number of hydrogen-bond acceptors (Lipinski definition) is 2. The Labute approximate surface area is 345 Å². The predicted molar refractivity (Wildman–Crippen MR) is 242 cm³/mol. The van der Waals surface area contributed by atoms with Gasteiger partial charge in [-0.05, 0) is 141 Å². The van der Waals surface area contributed by atoms with Gasteiger partial charge in [0.05, 0.1) is 23.1 Å². The fourth-order valence-electron chi connectivity index (χ4n) is 10.7. The van der Waals surface area contributed by atoms with Crippen LogP contribution in [0.25, 0.3) is 0 Å². The molecule has 4 fully saturated rings. The number of hydrogen-bond donors (Lipinski definition) is 0. The summed E-state index contributed by atoms with van der Waals surface area (Å²) >= 11 is -1.61. The van der Waals surface area contributed by atoms with Crippen LogP contribution in [0.5, 0.6) is 0 Å². The third kappa shape index (κ3) is 12.1. The van der Waals surface area contributed by atoms with Gasteiger partial charge < -0.3 is 16.7 Å². The summed E-state index contributed by atoms with van der Waals surface area (Å²) in [7, 11) is 11.3. The van der Waals surface area contributed by atoms with Crippen LogP contribution in [-0.2, 0) is 13.5 Å². The van der Waals surface area contributed by atoms with Gasteiger partial charge in [0, 0.05) is 32.4 Å². The molecular weight excluding hydrogens is 807 g/mol. The number of anilines is 2. The monoisotopic (exact) mass is 878 g/mol. The van der Waals surface area contributed by atoms with Crippen molar-refractivity contribution in [2.24, 2.45) is 0 Å². The Kier molecular flexibility index (Phi) is 17.9. The van der Waals surface area contributed by atoms with E-state index >= 15 is 0 Å². The predicted octanol–water partition coefficient (Wildman–Crippen LogP) is 14.4. The second-order valence-corrected chi connectivity index (χ2v) is 26.0. The molecule has 1 heterocycles. The standard InChI is InChI=1S/C23H31N2.C18H33P.C7H6.2ClH.Ru/c1-8-21-24(22-17(4)11-15(2)12-18(22)5)9-10-25(21)23-19(6)13-16(3)14-20(23)7;1-4-10-16(11-5-1)19(17-12-6-2-7-13-17)18-14-8-3-9-15-18;1-7-5-3-2-4-6-7;;;/h11-14,21H,1,8-10H2,2-7H3;16-18H,1-15H2;1-6H;2*1H;/q-1;;;;;+2/p-1. The van der Waals surface area contributed by atoms with Crippen molar-refractivity contribution in [1.29, 1.82) is 0 Å². The topological polar surface area (TPSA) is 6.48 Å². The van der Waals surface area contributed by atoms with Crippen LogP contribution in [-0.4, -0.2) is 40.8 Å². The van der Waals surface area contributed by atoms with Crippen LogP contribution in [0.15, 0.2) is 54.6 Å². The molecule has 54 heavy (non-hydrogen) atoms. The molecule has 0 radical (unpaired) electrons. The third-order valence-electron chi connectivity index (χ3n) is 12.6. The van der Waals surface area contributed by atoms with E-state index in [1.165, 1.54) is 61.7 Å². The van der Waals surface area contributed by atoms with Gasteiger partial charge in [-0.2, -0.15) is 0 Å². The van der Waals surface area contributed by atoms with E-state index in [1.54, 1.807) is 96.3 Å². The van der Waals surface area contributed by atoms with Crippen LogP contribution in [0.2, 0.25) is 0 Å². The van der Waals surface area contributed by atoms with Gasteiger partial charge in [-0.25, -0.2) is 0 Å². The first kappa shape index (κ1) is 43.9. The number of aryl methyl sites for hydroxylation is 6. The zero-order valence-corrected chi connectivity index (χ0v) is 38.8. The first-order valence-electron chi connectivity index (χ1n) is 21.3. The van der Waals surface area contributed by atoms with Gasteiger partial charge in [0.2, 0.25) is 0 Å². The summed E-state index contributed by atoms with van der Waals surface area (Å²) in [5.74, 6) is 0. The van der Waals surface area contributed by atoms with E-state index in [2.05, 4.69) is 82.5 Å². The second kappa shape index (κ2) is 22.1. The number of rotatable bonds is 7. The van der Waals surface area contributed by atoms with Crippen molar-refractivity contribution in [3.8, 4) is 0 Å². The molecule has 0 bridgehead atoms. The molecule has 0 spiro atoms. The van der Waals surface area contributed by atoms with E-state index in [0.717, 1.165) is 25.1 Å². The van der Waals surface area contributed by atoms with Crippen molar-refractivity contribution in [1.82, 2.24) is 0 Å². The first-order chi connectivity index (χ1) is 26.1. The molecule has 2 nitrogen and oxygen atoms in total. The van der Waals surface area contributed by atoms with Crippen LogP contribution in [0, 0.1) is 48.5 Å². The summed E-state index contributed by atoms with van der Waals surface area (Å²) in [6.45, 7) is 19.7. The zero-order valence-electron chi connectivity index (χ0n) is 34.5. The van der Waals surface area contributed by atoms with Gasteiger partial charge in [-0.15, -0.1) is 6.42 Å². The van der Waals surface area contributed by atoms with E-state index in [1.807, 2.05) is 34.9 Å². The van der Waals surface area contributed by atoms with E-state index in [-0.39, 0.29) is 7.92 Å². The van der Waals surface area contributed by atoms with Crippen molar-refractivity contribution in [3.63, 3.8) is 0 Å². The quantitative estimate of drug-likeness (QED) is 0.133. The minimum absolute atomic E-state index is 0.0465. The molecule has 0 amide bonds. The van der Waals surface area contributed by atoms with Gasteiger partial charge in [-0.3, -0.25) is 0 Å². The van der Waals surface area contributed by atoms with Gasteiger partial charge in [-0.1, -0.05) is 54.7 Å². The molecule has 300 valence electrons. The van der Waals surface area contributed by atoms with Crippen molar-refractivity contribution in [2.45, 2.75) is 167 Å². The maximum atomic E-state index is 5.67. The summed E-state index contributed by atoms with van der Waals surface area (Å²) < 4.78 is 1.92. The maximum absolute atomic E-state index is 5.67. The SMILES string of the molecule is C1CCC([PH+](C2CCCCC2)C2CCCCC2)CC1.[CH2-]CC1N(c2c(C)cc(C)cc2C)CCN1c1c(C)cc(C)cc1C.[Cl][Ru]([Cl])=[CH]c1ccccc1. The molecule has 0 aromatic heterocycles. The number of halogens is 2. The summed E-state index contributed by atoms with van der Waals surface area (Å²) in [6.07, 6.45) is 25.0.